The number of hydrogen-bond acceptors (Lipinski definition) is 3. The molecule has 0 aliphatic heterocycles. The van der Waals surface area contributed by atoms with Crippen molar-refractivity contribution in [1.82, 2.24) is 5.32 Å². The van der Waals surface area contributed by atoms with Gasteiger partial charge in [0, 0.05) is 18.3 Å². The van der Waals surface area contributed by atoms with E-state index >= 15 is 0 Å². The lowest BCUT2D eigenvalue weighted by molar-refractivity contribution is 0.194. The van der Waals surface area contributed by atoms with Crippen LogP contribution in [0.1, 0.15) is 11.1 Å². The number of ether oxygens (including phenoxy) is 1. The summed E-state index contributed by atoms with van der Waals surface area (Å²) in [6.45, 7) is 1.83. The highest BCUT2D eigenvalue weighted by Gasteiger charge is 2.06. The largest absolute Gasteiger partial charge is 0.465 e. The number of halogens is 1. The van der Waals surface area contributed by atoms with Crippen molar-refractivity contribution in [2.45, 2.75) is 13.5 Å². The van der Waals surface area contributed by atoms with E-state index in [4.69, 9.17) is 15.6 Å². The highest BCUT2D eigenvalue weighted by Crippen LogP contribution is 2.26. The molecule has 2 aromatic rings. The van der Waals surface area contributed by atoms with Gasteiger partial charge in [0.05, 0.1) is 0 Å². The quantitative estimate of drug-likeness (QED) is 0.754. The Labute approximate surface area is 121 Å². The van der Waals surface area contributed by atoms with Crippen LogP contribution in [0.3, 0.4) is 0 Å². The van der Waals surface area contributed by atoms with E-state index in [1.54, 1.807) is 31.2 Å². The molecular weight excluding hydrogens is 275 g/mol. The van der Waals surface area contributed by atoms with Crippen LogP contribution >= 0.6 is 0 Å². The molecule has 0 aromatic heterocycles. The zero-order valence-electron chi connectivity index (χ0n) is 11.4. The van der Waals surface area contributed by atoms with Gasteiger partial charge in [-0.05, 0) is 48.4 Å². The first-order chi connectivity index (χ1) is 9.94. The number of nitrogens with one attached hydrogen (secondary N) is 1. The molecule has 2 rings (SSSR count). The molecule has 5 nitrogen and oxygen atoms in total. The van der Waals surface area contributed by atoms with E-state index in [0.717, 1.165) is 5.56 Å². The van der Waals surface area contributed by atoms with Crippen LogP contribution in [0.25, 0.3) is 0 Å². The number of benzene rings is 2. The van der Waals surface area contributed by atoms with Gasteiger partial charge < -0.3 is 20.9 Å². The van der Waals surface area contributed by atoms with E-state index in [-0.39, 0.29) is 12.4 Å². The maximum absolute atomic E-state index is 13.3. The number of carbonyl (C=O) groups is 1. The molecular formula is C15H15FN2O3. The van der Waals surface area contributed by atoms with Gasteiger partial charge in [0.2, 0.25) is 0 Å². The summed E-state index contributed by atoms with van der Waals surface area (Å²) in [6.07, 6.45) is -1.14. The molecule has 0 aliphatic carbocycles. The number of carboxylic acid groups (broad SMARTS) is 1. The molecule has 110 valence electrons. The van der Waals surface area contributed by atoms with Gasteiger partial charge in [0.1, 0.15) is 17.3 Å². The third-order valence-corrected chi connectivity index (χ3v) is 2.80. The topological polar surface area (TPSA) is 84.6 Å². The SMILES string of the molecule is Cc1cc(F)cc(Oc2ccc(N)c(CNC(=O)O)c2)c1. The van der Waals surface area contributed by atoms with Crippen molar-refractivity contribution in [3.8, 4) is 11.5 Å². The standard InChI is InChI=1S/C15H15FN2O3/c1-9-4-11(16)7-13(5-9)21-12-2-3-14(17)10(6-12)8-18-15(19)20/h2-7,18H,8,17H2,1H3,(H,19,20). The van der Waals surface area contributed by atoms with E-state index < -0.39 is 6.09 Å². The molecule has 1 amide bonds. The van der Waals surface area contributed by atoms with Crippen molar-refractivity contribution in [2.75, 3.05) is 5.73 Å². The fourth-order valence-electron chi connectivity index (χ4n) is 1.87. The predicted octanol–water partition coefficient (Wildman–Crippen LogP) is 3.28. The minimum Gasteiger partial charge on any atom is -0.465 e. The van der Waals surface area contributed by atoms with E-state index in [2.05, 4.69) is 5.32 Å². The van der Waals surface area contributed by atoms with Gasteiger partial charge >= 0.3 is 6.09 Å². The van der Waals surface area contributed by atoms with Crippen LogP contribution in [0.4, 0.5) is 14.9 Å². The number of anilines is 1. The molecule has 0 aliphatic rings. The Morgan fingerprint density at radius 3 is 2.71 bits per heavy atom. The molecule has 6 heteroatoms. The minimum absolute atomic E-state index is 0.0700. The van der Waals surface area contributed by atoms with Crippen LogP contribution in [0.5, 0.6) is 11.5 Å². The van der Waals surface area contributed by atoms with E-state index in [1.807, 2.05) is 0 Å². The fraction of sp³-hybridized carbons (Fsp3) is 0.133. The fourth-order valence-corrected chi connectivity index (χ4v) is 1.87. The third-order valence-electron chi connectivity index (χ3n) is 2.80. The van der Waals surface area contributed by atoms with Gasteiger partial charge in [0.25, 0.3) is 0 Å². The van der Waals surface area contributed by atoms with Gasteiger partial charge in [-0.1, -0.05) is 0 Å². The van der Waals surface area contributed by atoms with Gasteiger partial charge in [0.15, 0.2) is 0 Å². The summed E-state index contributed by atoms with van der Waals surface area (Å²) in [6, 6.07) is 9.25. The number of hydrogen-bond donors (Lipinski definition) is 3. The Morgan fingerprint density at radius 1 is 1.29 bits per heavy atom. The van der Waals surface area contributed by atoms with Crippen LogP contribution in [0.15, 0.2) is 36.4 Å². The average molecular weight is 290 g/mol. The van der Waals surface area contributed by atoms with E-state index in [9.17, 15) is 9.18 Å². The zero-order valence-corrected chi connectivity index (χ0v) is 11.4. The Balaban J connectivity index is 2.20. The number of nitrogens with two attached hydrogens (primary N) is 1. The Morgan fingerprint density at radius 2 is 2.05 bits per heavy atom. The third kappa shape index (κ3) is 4.10. The molecule has 2 aromatic carbocycles. The first kappa shape index (κ1) is 14.6. The minimum atomic E-state index is -1.14. The van der Waals surface area contributed by atoms with Gasteiger partial charge in [-0.2, -0.15) is 0 Å². The van der Waals surface area contributed by atoms with Crippen LogP contribution in [-0.2, 0) is 6.54 Å². The van der Waals surface area contributed by atoms with Crippen molar-refractivity contribution in [2.24, 2.45) is 0 Å². The summed E-state index contributed by atoms with van der Waals surface area (Å²) in [5.41, 5.74) is 7.55. The maximum atomic E-state index is 13.3. The lowest BCUT2D eigenvalue weighted by Crippen LogP contribution is -2.20. The molecule has 0 saturated heterocycles. The van der Waals surface area contributed by atoms with Gasteiger partial charge in [-0.3, -0.25) is 0 Å². The van der Waals surface area contributed by atoms with Crippen molar-refractivity contribution in [3.05, 3.63) is 53.3 Å². The molecule has 0 bridgehead atoms. The second kappa shape index (κ2) is 6.13. The maximum Gasteiger partial charge on any atom is 0.404 e. The molecule has 0 radical (unpaired) electrons. The van der Waals surface area contributed by atoms with E-state index in [0.29, 0.717) is 22.7 Å². The summed E-state index contributed by atoms with van der Waals surface area (Å²) in [7, 11) is 0. The Bertz CT molecular complexity index is 654. The predicted molar refractivity (Wildman–Crippen MR) is 76.9 cm³/mol. The van der Waals surface area contributed by atoms with Gasteiger partial charge in [-0.15, -0.1) is 0 Å². The molecule has 0 unspecified atom stereocenters. The van der Waals surface area contributed by atoms with Crippen LogP contribution in [0.2, 0.25) is 0 Å². The lowest BCUT2D eigenvalue weighted by atomic mass is 10.1. The molecule has 0 heterocycles. The Kier molecular flexibility index (Phi) is 4.27. The molecule has 0 spiro atoms. The first-order valence-corrected chi connectivity index (χ1v) is 6.24. The second-order valence-electron chi connectivity index (χ2n) is 4.59. The van der Waals surface area contributed by atoms with Crippen LogP contribution in [-0.4, -0.2) is 11.2 Å². The molecule has 0 atom stereocenters. The van der Waals surface area contributed by atoms with Crippen LogP contribution < -0.4 is 15.8 Å². The molecule has 0 saturated carbocycles. The summed E-state index contributed by atoms with van der Waals surface area (Å²) < 4.78 is 18.9. The highest BCUT2D eigenvalue weighted by molar-refractivity contribution is 5.65. The van der Waals surface area contributed by atoms with E-state index in [1.165, 1.54) is 12.1 Å². The number of nitrogen functional groups attached to an aromatic ring is 1. The Hall–Kier alpha value is -2.76. The highest BCUT2D eigenvalue weighted by atomic mass is 19.1. The van der Waals surface area contributed by atoms with Crippen LogP contribution in [0, 0.1) is 12.7 Å². The molecule has 4 N–H and O–H groups in total. The normalized spacial score (nSPS) is 10.2. The van der Waals surface area contributed by atoms with Crippen molar-refractivity contribution < 1.29 is 19.0 Å². The lowest BCUT2D eigenvalue weighted by Gasteiger charge is -2.11. The van der Waals surface area contributed by atoms with Crippen molar-refractivity contribution >= 4 is 11.8 Å². The van der Waals surface area contributed by atoms with Gasteiger partial charge in [-0.25, -0.2) is 9.18 Å². The number of rotatable bonds is 4. The van der Waals surface area contributed by atoms with Crippen molar-refractivity contribution in [3.63, 3.8) is 0 Å². The molecule has 0 fully saturated rings. The average Bonchev–Trinajstić information content (AvgIpc) is 2.38. The number of amides is 1. The first-order valence-electron chi connectivity index (χ1n) is 6.24. The second-order valence-corrected chi connectivity index (χ2v) is 4.59. The number of aryl methyl sites for hydroxylation is 1. The monoisotopic (exact) mass is 290 g/mol. The summed E-state index contributed by atoms with van der Waals surface area (Å²) in [5.74, 6) is 0.444. The van der Waals surface area contributed by atoms with Crippen molar-refractivity contribution in [1.29, 1.82) is 0 Å². The molecule has 21 heavy (non-hydrogen) atoms. The zero-order chi connectivity index (χ0) is 15.4. The summed E-state index contributed by atoms with van der Waals surface area (Å²) in [4.78, 5) is 10.5. The summed E-state index contributed by atoms with van der Waals surface area (Å²) in [5, 5.41) is 10.8. The smallest absolute Gasteiger partial charge is 0.404 e. The summed E-state index contributed by atoms with van der Waals surface area (Å²) >= 11 is 0.